The minimum atomic E-state index is -0.418. The van der Waals surface area contributed by atoms with E-state index in [9.17, 15) is 9.90 Å². The SMILES string of the molecule is Cn1ccnc1-c1nc(O)c(-c2cccc(Br)c2)c(=O)[nH]1. The minimum absolute atomic E-state index is 0.134. The number of nitrogens with one attached hydrogen (secondary N) is 1. The fourth-order valence-electron chi connectivity index (χ4n) is 2.07. The van der Waals surface area contributed by atoms with Gasteiger partial charge in [0.05, 0.1) is 0 Å². The van der Waals surface area contributed by atoms with E-state index in [-0.39, 0.29) is 17.3 Å². The average molecular weight is 347 g/mol. The molecule has 21 heavy (non-hydrogen) atoms. The monoisotopic (exact) mass is 346 g/mol. The van der Waals surface area contributed by atoms with E-state index in [1.165, 1.54) is 0 Å². The molecule has 0 aliphatic rings. The summed E-state index contributed by atoms with van der Waals surface area (Å²) in [6, 6.07) is 7.10. The summed E-state index contributed by atoms with van der Waals surface area (Å²) in [5.41, 5.74) is 0.301. The third-order valence-electron chi connectivity index (χ3n) is 3.05. The van der Waals surface area contributed by atoms with E-state index in [0.29, 0.717) is 11.4 Å². The predicted molar refractivity (Wildman–Crippen MR) is 81.9 cm³/mol. The fourth-order valence-corrected chi connectivity index (χ4v) is 2.46. The van der Waals surface area contributed by atoms with Crippen molar-refractivity contribution >= 4 is 15.9 Å². The molecule has 2 aromatic heterocycles. The summed E-state index contributed by atoms with van der Waals surface area (Å²) in [5, 5.41) is 10.1. The van der Waals surface area contributed by atoms with Crippen LogP contribution >= 0.6 is 15.9 Å². The zero-order chi connectivity index (χ0) is 15.0. The van der Waals surface area contributed by atoms with Crippen molar-refractivity contribution in [2.45, 2.75) is 0 Å². The summed E-state index contributed by atoms with van der Waals surface area (Å²) in [4.78, 5) is 23.1. The van der Waals surface area contributed by atoms with Gasteiger partial charge >= 0.3 is 0 Å². The van der Waals surface area contributed by atoms with Gasteiger partial charge in [-0.05, 0) is 17.7 Å². The number of hydrogen-bond donors (Lipinski definition) is 2. The van der Waals surface area contributed by atoms with Crippen LogP contribution in [0.3, 0.4) is 0 Å². The van der Waals surface area contributed by atoms with Gasteiger partial charge in [-0.3, -0.25) is 4.79 Å². The van der Waals surface area contributed by atoms with Crippen molar-refractivity contribution in [1.29, 1.82) is 0 Å². The van der Waals surface area contributed by atoms with Gasteiger partial charge < -0.3 is 14.7 Å². The van der Waals surface area contributed by atoms with Crippen LogP contribution in [0.15, 0.2) is 45.9 Å². The van der Waals surface area contributed by atoms with Crippen molar-refractivity contribution in [3.63, 3.8) is 0 Å². The first-order valence-electron chi connectivity index (χ1n) is 6.13. The van der Waals surface area contributed by atoms with Crippen molar-refractivity contribution < 1.29 is 5.11 Å². The lowest BCUT2D eigenvalue weighted by Gasteiger charge is -2.06. The summed E-state index contributed by atoms with van der Waals surface area (Å²) >= 11 is 3.34. The lowest BCUT2D eigenvalue weighted by atomic mass is 10.1. The van der Waals surface area contributed by atoms with Crippen LogP contribution in [0, 0.1) is 0 Å². The van der Waals surface area contributed by atoms with E-state index in [0.717, 1.165) is 4.47 Å². The second-order valence-corrected chi connectivity index (χ2v) is 5.40. The van der Waals surface area contributed by atoms with E-state index >= 15 is 0 Å². The first-order chi connectivity index (χ1) is 10.1. The van der Waals surface area contributed by atoms with E-state index in [1.807, 2.05) is 6.07 Å². The van der Waals surface area contributed by atoms with Crippen molar-refractivity contribution in [1.82, 2.24) is 19.5 Å². The predicted octanol–water partition coefficient (Wildman–Crippen LogP) is 2.31. The average Bonchev–Trinajstić information content (AvgIpc) is 2.84. The molecular weight excluding hydrogens is 336 g/mol. The van der Waals surface area contributed by atoms with Gasteiger partial charge in [-0.2, -0.15) is 4.98 Å². The maximum absolute atomic E-state index is 12.3. The Hall–Kier alpha value is -2.41. The van der Waals surface area contributed by atoms with Gasteiger partial charge in [0.2, 0.25) is 5.88 Å². The molecule has 0 unspecified atom stereocenters. The number of aromatic amines is 1. The Morgan fingerprint density at radius 1 is 1.38 bits per heavy atom. The number of H-pyrrole nitrogens is 1. The molecule has 0 fully saturated rings. The topological polar surface area (TPSA) is 83.8 Å². The second-order valence-electron chi connectivity index (χ2n) is 4.49. The summed E-state index contributed by atoms with van der Waals surface area (Å²) in [7, 11) is 1.78. The molecule has 0 saturated carbocycles. The molecule has 3 aromatic rings. The number of aryl methyl sites for hydroxylation is 1. The van der Waals surface area contributed by atoms with Gasteiger partial charge in [-0.1, -0.05) is 28.1 Å². The molecule has 0 aliphatic heterocycles. The molecular formula is C14H11BrN4O2. The van der Waals surface area contributed by atoms with Gasteiger partial charge in [-0.25, -0.2) is 4.98 Å². The Bertz CT molecular complexity index is 869. The minimum Gasteiger partial charge on any atom is -0.493 e. The van der Waals surface area contributed by atoms with Crippen LogP contribution in [0.25, 0.3) is 22.8 Å². The normalized spacial score (nSPS) is 10.8. The molecule has 0 aliphatic carbocycles. The standard InChI is InChI=1S/C14H11BrN4O2/c1-19-6-5-16-12(19)11-17-13(20)10(14(21)18-11)8-3-2-4-9(15)7-8/h2-7H,1H3,(H2,17,18,20,21). The Morgan fingerprint density at radius 3 is 2.81 bits per heavy atom. The second kappa shape index (κ2) is 5.17. The Morgan fingerprint density at radius 2 is 2.19 bits per heavy atom. The maximum Gasteiger partial charge on any atom is 0.263 e. The number of hydrogen-bond acceptors (Lipinski definition) is 4. The van der Waals surface area contributed by atoms with Crippen molar-refractivity contribution in [3.8, 4) is 28.7 Å². The van der Waals surface area contributed by atoms with Crippen LogP contribution in [0.1, 0.15) is 0 Å². The van der Waals surface area contributed by atoms with E-state index in [4.69, 9.17) is 0 Å². The molecule has 2 N–H and O–H groups in total. The number of rotatable bonds is 2. The number of nitrogens with zero attached hydrogens (tertiary/aromatic N) is 3. The summed E-state index contributed by atoms with van der Waals surface area (Å²) in [6.07, 6.45) is 3.32. The van der Waals surface area contributed by atoms with Crippen LogP contribution in [0.4, 0.5) is 0 Å². The zero-order valence-electron chi connectivity index (χ0n) is 11.0. The molecule has 0 spiro atoms. The lowest BCUT2D eigenvalue weighted by Crippen LogP contribution is -2.13. The third kappa shape index (κ3) is 2.47. The van der Waals surface area contributed by atoms with Crippen molar-refractivity contribution in [3.05, 3.63) is 51.5 Å². The smallest absolute Gasteiger partial charge is 0.263 e. The molecule has 2 heterocycles. The Labute approximate surface area is 128 Å². The number of aromatic hydroxyl groups is 1. The highest BCUT2D eigenvalue weighted by Crippen LogP contribution is 2.27. The fraction of sp³-hybridized carbons (Fsp3) is 0.0714. The molecule has 0 radical (unpaired) electrons. The van der Waals surface area contributed by atoms with Crippen LogP contribution < -0.4 is 5.56 Å². The molecule has 0 saturated heterocycles. The van der Waals surface area contributed by atoms with Gasteiger partial charge in [-0.15, -0.1) is 0 Å². The highest BCUT2D eigenvalue weighted by atomic mass is 79.9. The molecule has 0 amide bonds. The molecule has 0 atom stereocenters. The Kier molecular flexibility index (Phi) is 3.34. The number of aromatic nitrogens is 4. The summed E-state index contributed by atoms with van der Waals surface area (Å²) in [6.45, 7) is 0. The molecule has 6 nitrogen and oxygen atoms in total. The van der Waals surface area contributed by atoms with Gasteiger partial charge in [0.15, 0.2) is 11.6 Å². The van der Waals surface area contributed by atoms with E-state index in [1.54, 1.807) is 42.2 Å². The summed E-state index contributed by atoms with van der Waals surface area (Å²) < 4.78 is 2.52. The quantitative estimate of drug-likeness (QED) is 0.745. The Balaban J connectivity index is 2.18. The molecule has 0 bridgehead atoms. The number of imidazole rings is 1. The summed E-state index contributed by atoms with van der Waals surface area (Å²) in [5.74, 6) is 0.377. The van der Waals surface area contributed by atoms with Crippen molar-refractivity contribution in [2.75, 3.05) is 0 Å². The number of halogens is 1. The van der Waals surface area contributed by atoms with Gasteiger partial charge in [0.1, 0.15) is 5.56 Å². The largest absolute Gasteiger partial charge is 0.493 e. The van der Waals surface area contributed by atoms with Crippen LogP contribution in [0.2, 0.25) is 0 Å². The maximum atomic E-state index is 12.3. The van der Waals surface area contributed by atoms with E-state index in [2.05, 4.69) is 30.9 Å². The molecule has 106 valence electrons. The molecule has 1 aromatic carbocycles. The van der Waals surface area contributed by atoms with E-state index < -0.39 is 5.56 Å². The van der Waals surface area contributed by atoms with Crippen molar-refractivity contribution in [2.24, 2.45) is 7.05 Å². The van der Waals surface area contributed by atoms with Crippen LogP contribution in [0.5, 0.6) is 5.88 Å². The van der Waals surface area contributed by atoms with Gasteiger partial charge in [0, 0.05) is 23.9 Å². The highest BCUT2D eigenvalue weighted by Gasteiger charge is 2.15. The first kappa shape index (κ1) is 13.6. The zero-order valence-corrected chi connectivity index (χ0v) is 12.6. The molecule has 7 heteroatoms. The van der Waals surface area contributed by atoms with Crippen LogP contribution in [-0.4, -0.2) is 24.6 Å². The highest BCUT2D eigenvalue weighted by molar-refractivity contribution is 9.10. The molecule has 3 rings (SSSR count). The van der Waals surface area contributed by atoms with Crippen LogP contribution in [-0.2, 0) is 7.05 Å². The number of benzene rings is 1. The van der Waals surface area contributed by atoms with Gasteiger partial charge in [0.25, 0.3) is 5.56 Å². The lowest BCUT2D eigenvalue weighted by molar-refractivity contribution is 0.454. The first-order valence-corrected chi connectivity index (χ1v) is 6.92. The third-order valence-corrected chi connectivity index (χ3v) is 3.54.